The fraction of sp³-hybridized carbons (Fsp3) is 0.833. The molecule has 3 N–H and O–H groups in total. The summed E-state index contributed by atoms with van der Waals surface area (Å²) in [5.74, 6) is -21.6. The zero-order chi connectivity index (χ0) is 24.1. The Balaban J connectivity index is 0. The highest BCUT2D eigenvalue weighted by Crippen LogP contribution is 2.55. The Kier molecular flexibility index (Phi) is 10.0. The van der Waals surface area contributed by atoms with Gasteiger partial charge >= 0.3 is 39.3 Å². The molecule has 0 fully saturated rings. The van der Waals surface area contributed by atoms with Crippen LogP contribution in [0.15, 0.2) is 12.7 Å². The predicted octanol–water partition coefficient (Wildman–Crippen LogP) is 4.57. The maximum Gasteiger partial charge on any atom is 0.438 e. The Bertz CT molecular complexity index is 633. The van der Waals surface area contributed by atoms with Crippen molar-refractivity contribution in [3.63, 3.8) is 0 Å². The van der Waals surface area contributed by atoms with Gasteiger partial charge in [0.25, 0.3) is 0 Å². The monoisotopic (exact) mass is 481 g/mol. The van der Waals surface area contributed by atoms with Crippen molar-refractivity contribution in [1.82, 2.24) is 0 Å². The third-order valence-electron chi connectivity index (χ3n) is 2.98. The molecule has 0 aromatic heterocycles. The summed E-state index contributed by atoms with van der Waals surface area (Å²) in [6.07, 6.45) is -13.4. The lowest BCUT2D eigenvalue weighted by molar-refractivity contribution is -0.359. The van der Waals surface area contributed by atoms with E-state index in [2.05, 4.69) is 6.58 Å². The maximum absolute atomic E-state index is 13.1. The second-order valence-corrected chi connectivity index (χ2v) is 6.73. The van der Waals surface area contributed by atoms with Gasteiger partial charge in [-0.05, 0) is 12.8 Å². The number of rotatable bonds is 9. The summed E-state index contributed by atoms with van der Waals surface area (Å²) in [4.78, 5) is 0. The molecule has 0 saturated heterocycles. The lowest BCUT2D eigenvalue weighted by atomic mass is 9.97. The fourth-order valence-corrected chi connectivity index (χ4v) is 1.87. The molecule has 0 amide bonds. The molecule has 0 rings (SSSR count). The first kappa shape index (κ1) is 30.0. The van der Waals surface area contributed by atoms with Crippen LogP contribution in [0.4, 0.5) is 52.7 Å². The zero-order valence-electron chi connectivity index (χ0n) is 14.0. The van der Waals surface area contributed by atoms with Gasteiger partial charge in [0.2, 0.25) is 0 Å². The summed E-state index contributed by atoms with van der Waals surface area (Å²) < 4.78 is 180. The minimum atomic E-state index is -7.49. The highest BCUT2D eigenvalue weighted by atomic mass is 32.2. The van der Waals surface area contributed by atoms with Crippen LogP contribution in [-0.2, 0) is 10.1 Å². The van der Waals surface area contributed by atoms with Gasteiger partial charge in [0.05, 0.1) is 0 Å². The van der Waals surface area contributed by atoms with E-state index >= 15 is 0 Å². The van der Waals surface area contributed by atoms with Gasteiger partial charge in [-0.1, -0.05) is 6.08 Å². The number of hydrogen-bond acceptors (Lipinski definition) is 3. The molecule has 176 valence electrons. The Labute approximate surface area is 156 Å². The SMILES string of the molecule is C=CCN.O=S(=O)(O)C(F)(F)C(F)(F)C(F)(F)C(F)(F)C(F)CCCC(F)(F)F. The van der Waals surface area contributed by atoms with E-state index in [1.165, 1.54) is 0 Å². The van der Waals surface area contributed by atoms with Crippen LogP contribution in [0.5, 0.6) is 0 Å². The summed E-state index contributed by atoms with van der Waals surface area (Å²) in [6.45, 7) is 3.94. The first-order valence-corrected chi connectivity index (χ1v) is 8.48. The molecule has 1 atom stereocenters. The minimum absolute atomic E-state index is 0.583. The van der Waals surface area contributed by atoms with E-state index in [9.17, 15) is 61.1 Å². The molecule has 1 unspecified atom stereocenters. The summed E-state index contributed by atoms with van der Waals surface area (Å²) in [6, 6.07) is 0. The lowest BCUT2D eigenvalue weighted by Gasteiger charge is -2.36. The quantitative estimate of drug-likeness (QED) is 0.287. The number of hydrogen-bond donors (Lipinski definition) is 2. The summed E-state index contributed by atoms with van der Waals surface area (Å²) >= 11 is 0. The Morgan fingerprint density at radius 1 is 0.931 bits per heavy atom. The number of halogens is 12. The molecule has 17 heteroatoms. The molecule has 0 radical (unpaired) electrons. The molecule has 0 aliphatic rings. The van der Waals surface area contributed by atoms with Crippen molar-refractivity contribution in [2.75, 3.05) is 6.54 Å². The number of nitrogens with two attached hydrogens (primary N) is 1. The molecule has 29 heavy (non-hydrogen) atoms. The van der Waals surface area contributed by atoms with Gasteiger partial charge in [0.1, 0.15) is 0 Å². The van der Waals surface area contributed by atoms with Crippen LogP contribution in [0.25, 0.3) is 0 Å². The topological polar surface area (TPSA) is 80.4 Å². The van der Waals surface area contributed by atoms with Crippen LogP contribution in [-0.4, -0.2) is 54.9 Å². The normalized spacial score (nSPS) is 15.4. The van der Waals surface area contributed by atoms with Crippen LogP contribution in [0, 0.1) is 0 Å². The summed E-state index contributed by atoms with van der Waals surface area (Å²) in [5.41, 5.74) is 4.91. The number of alkyl halides is 12. The molecule has 0 aromatic rings. The Morgan fingerprint density at radius 2 is 1.31 bits per heavy atom. The van der Waals surface area contributed by atoms with Crippen molar-refractivity contribution in [2.24, 2.45) is 5.73 Å². The van der Waals surface area contributed by atoms with Crippen molar-refractivity contribution < 1.29 is 65.7 Å². The molecule has 0 spiro atoms. The second-order valence-electron chi connectivity index (χ2n) is 5.26. The van der Waals surface area contributed by atoms with Gasteiger partial charge < -0.3 is 5.73 Å². The van der Waals surface area contributed by atoms with Gasteiger partial charge in [0.15, 0.2) is 6.17 Å². The fourth-order valence-electron chi connectivity index (χ4n) is 1.41. The third kappa shape index (κ3) is 6.91. The summed E-state index contributed by atoms with van der Waals surface area (Å²) in [7, 11) is -7.33. The summed E-state index contributed by atoms with van der Waals surface area (Å²) in [5, 5.41) is -7.14. The van der Waals surface area contributed by atoms with Crippen LogP contribution in [0.2, 0.25) is 0 Å². The largest absolute Gasteiger partial charge is 0.438 e. The molecular weight excluding hydrogens is 466 g/mol. The van der Waals surface area contributed by atoms with E-state index in [-0.39, 0.29) is 0 Å². The Morgan fingerprint density at radius 3 is 1.59 bits per heavy atom. The van der Waals surface area contributed by atoms with Crippen LogP contribution in [0.1, 0.15) is 19.3 Å². The highest BCUT2D eigenvalue weighted by Gasteiger charge is 2.85. The van der Waals surface area contributed by atoms with Crippen LogP contribution >= 0.6 is 0 Å². The lowest BCUT2D eigenvalue weighted by Crippen LogP contribution is -2.66. The molecule has 0 aliphatic carbocycles. The Hall–Kier alpha value is -1.23. The van der Waals surface area contributed by atoms with E-state index in [0.717, 1.165) is 0 Å². The molecule has 4 nitrogen and oxygen atoms in total. The first-order valence-electron chi connectivity index (χ1n) is 7.04. The third-order valence-corrected chi connectivity index (χ3v) is 3.88. The van der Waals surface area contributed by atoms with Gasteiger partial charge in [-0.3, -0.25) is 4.55 Å². The molecule has 0 heterocycles. The standard InChI is InChI=1S/C9H8F12O3S.C3H7N/c10-4(2-1-3-5(11,12)13)6(14,15)7(16,17)8(18,19)9(20,21)25(22,23)24;1-2-3-4/h4H,1-3H2,(H,22,23,24);2H,1,3-4H2. The van der Waals surface area contributed by atoms with Crippen molar-refractivity contribution >= 4 is 10.1 Å². The van der Waals surface area contributed by atoms with E-state index in [1.807, 2.05) is 0 Å². The molecular formula is C12H15F12NO3S. The van der Waals surface area contributed by atoms with Gasteiger partial charge in [-0.2, -0.15) is 56.7 Å². The van der Waals surface area contributed by atoms with E-state index in [1.54, 1.807) is 6.08 Å². The van der Waals surface area contributed by atoms with Crippen molar-refractivity contribution in [3.05, 3.63) is 12.7 Å². The van der Waals surface area contributed by atoms with Crippen molar-refractivity contribution in [3.8, 4) is 0 Å². The van der Waals surface area contributed by atoms with Crippen molar-refractivity contribution in [2.45, 2.75) is 54.6 Å². The molecule has 0 saturated carbocycles. The van der Waals surface area contributed by atoms with Gasteiger partial charge in [-0.15, -0.1) is 6.58 Å². The van der Waals surface area contributed by atoms with E-state index in [4.69, 9.17) is 10.3 Å². The smallest absolute Gasteiger partial charge is 0.327 e. The minimum Gasteiger partial charge on any atom is -0.327 e. The van der Waals surface area contributed by atoms with Crippen molar-refractivity contribution in [1.29, 1.82) is 0 Å². The average molecular weight is 481 g/mol. The van der Waals surface area contributed by atoms with Gasteiger partial charge in [0, 0.05) is 13.0 Å². The molecule has 0 aromatic carbocycles. The first-order chi connectivity index (χ1) is 12.5. The van der Waals surface area contributed by atoms with E-state index in [0.29, 0.717) is 6.54 Å². The maximum atomic E-state index is 13.1. The van der Waals surface area contributed by atoms with Gasteiger partial charge in [-0.25, -0.2) is 4.39 Å². The molecule has 0 aliphatic heterocycles. The van der Waals surface area contributed by atoms with Crippen LogP contribution in [0.3, 0.4) is 0 Å². The van der Waals surface area contributed by atoms with E-state index < -0.39 is 64.8 Å². The second kappa shape index (κ2) is 9.72. The highest BCUT2D eigenvalue weighted by molar-refractivity contribution is 7.87. The predicted molar refractivity (Wildman–Crippen MR) is 75.4 cm³/mol. The molecule has 0 bridgehead atoms. The zero-order valence-corrected chi connectivity index (χ0v) is 14.8. The van der Waals surface area contributed by atoms with Crippen LogP contribution < -0.4 is 5.73 Å². The average Bonchev–Trinajstić information content (AvgIpc) is 2.52.